The normalized spacial score (nSPS) is 49.2. The second kappa shape index (κ2) is 3.49. The fourth-order valence-electron chi connectivity index (χ4n) is 1.03. The Morgan fingerprint density at radius 3 is 2.50 bits per heavy atom. The second-order valence-corrected chi connectivity index (χ2v) is 3.21. The molecule has 1 fully saturated rings. The van der Waals surface area contributed by atoms with E-state index in [1.807, 2.05) is 0 Å². The largest absolute Gasteiger partial charge is 0.387 e. The van der Waals surface area contributed by atoms with Gasteiger partial charge in [-0.15, -0.1) is 0 Å². The molecule has 0 saturated carbocycles. The predicted molar refractivity (Wildman–Crippen MR) is 42.8 cm³/mol. The van der Waals surface area contributed by atoms with E-state index in [1.165, 1.54) is 0 Å². The minimum atomic E-state index is -1.58. The van der Waals surface area contributed by atoms with E-state index in [0.29, 0.717) is 0 Å². The van der Waals surface area contributed by atoms with Gasteiger partial charge in [-0.1, -0.05) is 0 Å². The average molecular weight is 196 g/mol. The molecular weight excluding hydrogens is 184 g/mol. The average Bonchev–Trinajstić information content (AvgIpc) is 2.09. The third-order valence-corrected chi connectivity index (χ3v) is 2.49. The molecule has 0 aliphatic carbocycles. The molecule has 4 atom stereocenters. The SMILES string of the molecule is OC1OC[C@](O)(CS)[C@@H](O)[C@H]1O. The van der Waals surface area contributed by atoms with Crippen molar-refractivity contribution in [3.05, 3.63) is 0 Å². The number of aliphatic hydroxyl groups is 4. The van der Waals surface area contributed by atoms with Gasteiger partial charge in [0.15, 0.2) is 6.29 Å². The first kappa shape index (κ1) is 10.2. The number of hydrogen-bond acceptors (Lipinski definition) is 6. The van der Waals surface area contributed by atoms with Crippen LogP contribution in [0.3, 0.4) is 0 Å². The molecule has 0 bridgehead atoms. The topological polar surface area (TPSA) is 90.2 Å². The Morgan fingerprint density at radius 1 is 1.42 bits per heavy atom. The maximum atomic E-state index is 9.51. The molecular formula is C6H12O5S. The van der Waals surface area contributed by atoms with Gasteiger partial charge < -0.3 is 25.2 Å². The van der Waals surface area contributed by atoms with Crippen LogP contribution in [0.4, 0.5) is 0 Å². The molecule has 0 aromatic heterocycles. The van der Waals surface area contributed by atoms with Crippen LogP contribution in [-0.2, 0) is 4.74 Å². The van der Waals surface area contributed by atoms with Crippen LogP contribution in [-0.4, -0.2) is 56.9 Å². The van der Waals surface area contributed by atoms with Crippen molar-refractivity contribution in [2.75, 3.05) is 12.4 Å². The molecule has 0 spiro atoms. The zero-order valence-corrected chi connectivity index (χ0v) is 7.19. The molecule has 1 rings (SSSR count). The van der Waals surface area contributed by atoms with E-state index >= 15 is 0 Å². The van der Waals surface area contributed by atoms with E-state index in [1.54, 1.807) is 0 Å². The maximum Gasteiger partial charge on any atom is 0.183 e. The predicted octanol–water partition coefficient (Wildman–Crippen LogP) is -2.28. The Labute approximate surface area is 75.0 Å². The fourth-order valence-corrected chi connectivity index (χ4v) is 1.30. The lowest BCUT2D eigenvalue weighted by molar-refractivity contribution is -0.278. The summed E-state index contributed by atoms with van der Waals surface area (Å²) in [5, 5.41) is 36.8. The van der Waals surface area contributed by atoms with E-state index in [9.17, 15) is 10.2 Å². The van der Waals surface area contributed by atoms with Crippen LogP contribution < -0.4 is 0 Å². The summed E-state index contributed by atoms with van der Waals surface area (Å²) in [5.74, 6) is -0.0437. The highest BCUT2D eigenvalue weighted by molar-refractivity contribution is 7.80. The third kappa shape index (κ3) is 1.59. The highest BCUT2D eigenvalue weighted by atomic mass is 32.1. The van der Waals surface area contributed by atoms with Crippen LogP contribution in [0.25, 0.3) is 0 Å². The smallest absolute Gasteiger partial charge is 0.183 e. The Morgan fingerprint density at radius 2 is 2.00 bits per heavy atom. The van der Waals surface area contributed by atoms with E-state index < -0.39 is 24.1 Å². The minimum absolute atomic E-state index is 0.0437. The van der Waals surface area contributed by atoms with Crippen LogP contribution in [0.15, 0.2) is 0 Å². The minimum Gasteiger partial charge on any atom is -0.387 e. The molecule has 0 amide bonds. The summed E-state index contributed by atoms with van der Waals surface area (Å²) in [7, 11) is 0. The van der Waals surface area contributed by atoms with E-state index in [0.717, 1.165) is 0 Å². The van der Waals surface area contributed by atoms with Crippen molar-refractivity contribution in [1.29, 1.82) is 0 Å². The van der Waals surface area contributed by atoms with Gasteiger partial charge in [0.25, 0.3) is 0 Å². The van der Waals surface area contributed by atoms with Crippen molar-refractivity contribution in [3.63, 3.8) is 0 Å². The first-order chi connectivity index (χ1) is 5.51. The van der Waals surface area contributed by atoms with Crippen LogP contribution in [0.1, 0.15) is 0 Å². The van der Waals surface area contributed by atoms with Crippen LogP contribution in [0.2, 0.25) is 0 Å². The molecule has 0 aromatic carbocycles. The summed E-state index contributed by atoms with van der Waals surface area (Å²) < 4.78 is 4.61. The van der Waals surface area contributed by atoms with Crippen LogP contribution >= 0.6 is 12.6 Å². The molecule has 0 aromatic rings. The summed E-state index contributed by atoms with van der Waals surface area (Å²) in [5.41, 5.74) is -1.58. The van der Waals surface area contributed by atoms with Crippen molar-refractivity contribution >= 4 is 12.6 Å². The lowest BCUT2D eigenvalue weighted by Crippen LogP contribution is -2.62. The molecule has 1 aliphatic heterocycles. The summed E-state index contributed by atoms with van der Waals surface area (Å²) in [6, 6.07) is 0. The highest BCUT2D eigenvalue weighted by Crippen LogP contribution is 2.24. The van der Waals surface area contributed by atoms with Gasteiger partial charge in [0.1, 0.15) is 17.8 Å². The summed E-state index contributed by atoms with van der Waals surface area (Å²) in [4.78, 5) is 0. The zero-order chi connectivity index (χ0) is 9.35. The van der Waals surface area contributed by atoms with Crippen molar-refractivity contribution in [2.24, 2.45) is 0 Å². The Hall–Kier alpha value is 0.150. The summed E-state index contributed by atoms with van der Waals surface area (Å²) in [6.07, 6.45) is -4.37. The lowest BCUT2D eigenvalue weighted by Gasteiger charge is -2.40. The van der Waals surface area contributed by atoms with E-state index in [4.69, 9.17) is 10.2 Å². The first-order valence-corrected chi connectivity index (χ1v) is 4.13. The molecule has 12 heavy (non-hydrogen) atoms. The van der Waals surface area contributed by atoms with E-state index in [2.05, 4.69) is 17.4 Å². The van der Waals surface area contributed by atoms with Gasteiger partial charge >= 0.3 is 0 Å². The van der Waals surface area contributed by atoms with Gasteiger partial charge in [-0.25, -0.2) is 0 Å². The van der Waals surface area contributed by atoms with Gasteiger partial charge in [-0.3, -0.25) is 0 Å². The Bertz CT molecular complexity index is 166. The standard InChI is InChI=1S/C6H12O5S/c7-3-4(8)6(10,2-12)1-11-5(3)9/h3-5,7-10,12H,1-2H2/t3-,4+,5?,6+/m1/s1. The van der Waals surface area contributed by atoms with Crippen molar-refractivity contribution in [1.82, 2.24) is 0 Å². The number of ether oxygens (including phenoxy) is 1. The summed E-state index contributed by atoms with van der Waals surface area (Å²) in [6.45, 7) is -0.240. The van der Waals surface area contributed by atoms with E-state index in [-0.39, 0.29) is 12.4 Å². The number of thiol groups is 1. The van der Waals surface area contributed by atoms with Crippen molar-refractivity contribution in [3.8, 4) is 0 Å². The monoisotopic (exact) mass is 196 g/mol. The quantitative estimate of drug-likeness (QED) is 0.305. The fraction of sp³-hybridized carbons (Fsp3) is 1.00. The third-order valence-electron chi connectivity index (χ3n) is 1.94. The van der Waals surface area contributed by atoms with Crippen molar-refractivity contribution in [2.45, 2.75) is 24.1 Å². The van der Waals surface area contributed by atoms with Crippen LogP contribution in [0.5, 0.6) is 0 Å². The molecule has 1 heterocycles. The van der Waals surface area contributed by atoms with Gasteiger partial charge in [-0.2, -0.15) is 12.6 Å². The highest BCUT2D eigenvalue weighted by Gasteiger charge is 2.46. The molecule has 1 aliphatic rings. The number of aliphatic hydroxyl groups excluding tert-OH is 3. The Kier molecular flexibility index (Phi) is 2.97. The molecule has 4 N–H and O–H groups in total. The van der Waals surface area contributed by atoms with Crippen molar-refractivity contribution < 1.29 is 25.2 Å². The lowest BCUT2D eigenvalue weighted by atomic mass is 9.92. The molecule has 72 valence electrons. The maximum absolute atomic E-state index is 9.51. The van der Waals surface area contributed by atoms with Gasteiger partial charge in [-0.05, 0) is 0 Å². The Balaban J connectivity index is 2.71. The molecule has 1 unspecified atom stereocenters. The number of rotatable bonds is 1. The van der Waals surface area contributed by atoms with Gasteiger partial charge in [0.2, 0.25) is 0 Å². The molecule has 1 saturated heterocycles. The van der Waals surface area contributed by atoms with Gasteiger partial charge in [0, 0.05) is 5.75 Å². The molecule has 0 radical (unpaired) electrons. The summed E-state index contributed by atoms with van der Waals surface area (Å²) >= 11 is 3.80. The van der Waals surface area contributed by atoms with Crippen LogP contribution in [0, 0.1) is 0 Å². The zero-order valence-electron chi connectivity index (χ0n) is 6.29. The molecule has 6 heteroatoms. The molecule has 5 nitrogen and oxygen atoms in total. The number of hydrogen-bond donors (Lipinski definition) is 5. The van der Waals surface area contributed by atoms with Gasteiger partial charge in [0.05, 0.1) is 6.61 Å². The second-order valence-electron chi connectivity index (χ2n) is 2.90. The first-order valence-electron chi connectivity index (χ1n) is 3.50.